The molecule has 0 unspecified atom stereocenters. The molecule has 4 nitrogen and oxygen atoms in total. The summed E-state index contributed by atoms with van der Waals surface area (Å²) in [6.45, 7) is 0. The van der Waals surface area contributed by atoms with Crippen LogP contribution in [0.4, 0.5) is 5.82 Å². The zero-order chi connectivity index (χ0) is 8.55. The van der Waals surface area contributed by atoms with Crippen LogP contribution in [0.3, 0.4) is 0 Å². The first-order valence-electron chi connectivity index (χ1n) is 3.69. The summed E-state index contributed by atoms with van der Waals surface area (Å²) >= 11 is 1.79. The van der Waals surface area contributed by atoms with E-state index in [1.165, 1.54) is 0 Å². The molecule has 0 bridgehead atoms. The molecule has 5 heteroatoms. The maximum absolute atomic E-state index is 11.0. The molecule has 1 aromatic rings. The van der Waals surface area contributed by atoms with E-state index in [1.54, 1.807) is 18.8 Å². The van der Waals surface area contributed by atoms with Gasteiger partial charge in [-0.2, -0.15) is 16.7 Å². The van der Waals surface area contributed by atoms with Crippen LogP contribution in [0.25, 0.3) is 0 Å². The van der Waals surface area contributed by atoms with Crippen LogP contribution in [0.2, 0.25) is 0 Å². The predicted octanol–water partition coefficient (Wildman–Crippen LogP) is 0.558. The number of nitrogens with one attached hydrogen (secondary N) is 2. The minimum atomic E-state index is -0.263. The van der Waals surface area contributed by atoms with Crippen molar-refractivity contribution in [2.45, 2.75) is 11.5 Å². The number of hydrogen-bond donors (Lipinski definition) is 2. The van der Waals surface area contributed by atoms with Gasteiger partial charge in [0.25, 0.3) is 0 Å². The molecule has 64 valence electrons. The fraction of sp³-hybridized carbons (Fsp3) is 0.429. The molecule has 2 N–H and O–H groups in total. The third kappa shape index (κ3) is 1.10. The monoisotopic (exact) mass is 183 g/mol. The number of aromatic nitrogens is 2. The number of rotatable bonds is 1. The van der Waals surface area contributed by atoms with Crippen LogP contribution in [-0.4, -0.2) is 17.0 Å². The first kappa shape index (κ1) is 7.67. The first-order valence-corrected chi connectivity index (χ1v) is 4.84. The molecule has 0 saturated heterocycles. The van der Waals surface area contributed by atoms with Gasteiger partial charge in [0.2, 0.25) is 0 Å². The van der Waals surface area contributed by atoms with Crippen molar-refractivity contribution < 1.29 is 0 Å². The molecule has 0 fully saturated rings. The maximum Gasteiger partial charge on any atom is 0.347 e. The Morgan fingerprint density at radius 1 is 1.58 bits per heavy atom. The van der Waals surface area contributed by atoms with E-state index in [0.29, 0.717) is 0 Å². The van der Waals surface area contributed by atoms with Gasteiger partial charge >= 0.3 is 5.69 Å². The first-order chi connectivity index (χ1) is 5.81. The van der Waals surface area contributed by atoms with Gasteiger partial charge in [-0.05, 0) is 0 Å². The standard InChI is InChI=1S/C7H9N3OS/c1-8-6-4-2-12-3-5(4)9-7(11)10-6/h2-3H2,1H3,(H2,8,9,10,11). The number of thioether (sulfide) groups is 1. The average Bonchev–Trinajstić information content (AvgIpc) is 2.50. The van der Waals surface area contributed by atoms with Gasteiger partial charge in [0.1, 0.15) is 5.82 Å². The summed E-state index contributed by atoms with van der Waals surface area (Å²) < 4.78 is 0. The summed E-state index contributed by atoms with van der Waals surface area (Å²) in [6, 6.07) is 0. The fourth-order valence-corrected chi connectivity index (χ4v) is 2.35. The van der Waals surface area contributed by atoms with Crippen molar-refractivity contribution in [2.75, 3.05) is 12.4 Å². The summed E-state index contributed by atoms with van der Waals surface area (Å²) in [7, 11) is 1.78. The molecule has 1 aliphatic heterocycles. The second-order valence-electron chi connectivity index (χ2n) is 2.59. The third-order valence-corrected chi connectivity index (χ3v) is 2.84. The molecule has 0 atom stereocenters. The van der Waals surface area contributed by atoms with Gasteiger partial charge in [0.05, 0.1) is 0 Å². The average molecular weight is 183 g/mol. The normalized spacial score (nSPS) is 14.4. The van der Waals surface area contributed by atoms with E-state index in [9.17, 15) is 4.79 Å². The van der Waals surface area contributed by atoms with Crippen LogP contribution >= 0.6 is 11.8 Å². The molecule has 2 rings (SSSR count). The van der Waals surface area contributed by atoms with Gasteiger partial charge in [0.15, 0.2) is 0 Å². The number of H-pyrrole nitrogens is 1. The van der Waals surface area contributed by atoms with E-state index in [2.05, 4.69) is 15.3 Å². The van der Waals surface area contributed by atoms with E-state index < -0.39 is 0 Å². The molecule has 0 saturated carbocycles. The lowest BCUT2D eigenvalue weighted by atomic mass is 10.2. The van der Waals surface area contributed by atoms with E-state index in [-0.39, 0.29) is 5.69 Å². The minimum absolute atomic E-state index is 0.263. The smallest absolute Gasteiger partial charge is 0.347 e. The Hall–Kier alpha value is -0.970. The van der Waals surface area contributed by atoms with E-state index >= 15 is 0 Å². The van der Waals surface area contributed by atoms with Crippen molar-refractivity contribution in [2.24, 2.45) is 0 Å². The second-order valence-corrected chi connectivity index (χ2v) is 3.58. The zero-order valence-corrected chi connectivity index (χ0v) is 7.49. The lowest BCUT2D eigenvalue weighted by Crippen LogP contribution is -2.15. The Bertz CT molecular complexity index is 360. The lowest BCUT2D eigenvalue weighted by Gasteiger charge is -2.03. The molecule has 0 aliphatic carbocycles. The van der Waals surface area contributed by atoms with Gasteiger partial charge < -0.3 is 10.3 Å². The highest BCUT2D eigenvalue weighted by molar-refractivity contribution is 7.98. The van der Waals surface area contributed by atoms with Gasteiger partial charge in [-0.15, -0.1) is 0 Å². The Morgan fingerprint density at radius 2 is 2.42 bits per heavy atom. The minimum Gasteiger partial charge on any atom is -0.373 e. The molecule has 0 aromatic carbocycles. The fourth-order valence-electron chi connectivity index (χ4n) is 1.29. The number of fused-ring (bicyclic) bond motifs is 1. The summed E-state index contributed by atoms with van der Waals surface area (Å²) in [6.07, 6.45) is 0. The Morgan fingerprint density at radius 3 is 3.17 bits per heavy atom. The molecular weight excluding hydrogens is 174 g/mol. The van der Waals surface area contributed by atoms with Gasteiger partial charge in [-0.1, -0.05) is 0 Å². The quantitative estimate of drug-likeness (QED) is 0.668. The van der Waals surface area contributed by atoms with Gasteiger partial charge in [0, 0.05) is 29.8 Å². The van der Waals surface area contributed by atoms with Crippen LogP contribution in [0.15, 0.2) is 4.79 Å². The summed E-state index contributed by atoms with van der Waals surface area (Å²) in [5, 5.41) is 2.92. The summed E-state index contributed by atoms with van der Waals surface area (Å²) in [5.41, 5.74) is 1.90. The van der Waals surface area contributed by atoms with Crippen molar-refractivity contribution in [3.8, 4) is 0 Å². The summed E-state index contributed by atoms with van der Waals surface area (Å²) in [5.74, 6) is 2.55. The number of hydrogen-bond acceptors (Lipinski definition) is 4. The van der Waals surface area contributed by atoms with E-state index in [1.807, 2.05) is 0 Å². The highest BCUT2D eigenvalue weighted by Crippen LogP contribution is 2.30. The van der Waals surface area contributed by atoms with Crippen LogP contribution in [0.1, 0.15) is 11.3 Å². The van der Waals surface area contributed by atoms with Crippen molar-refractivity contribution >= 4 is 17.6 Å². The lowest BCUT2D eigenvalue weighted by molar-refractivity contribution is 1.00. The maximum atomic E-state index is 11.0. The third-order valence-electron chi connectivity index (χ3n) is 1.85. The zero-order valence-electron chi connectivity index (χ0n) is 6.68. The largest absolute Gasteiger partial charge is 0.373 e. The SMILES string of the molecule is CNc1nc(=O)[nH]c2c1CSC2. The van der Waals surface area contributed by atoms with Crippen LogP contribution in [0.5, 0.6) is 0 Å². The van der Waals surface area contributed by atoms with Crippen molar-refractivity contribution in [3.63, 3.8) is 0 Å². The van der Waals surface area contributed by atoms with Crippen molar-refractivity contribution in [3.05, 3.63) is 21.7 Å². The molecule has 0 amide bonds. The number of nitrogens with zero attached hydrogens (tertiary/aromatic N) is 1. The second kappa shape index (κ2) is 2.82. The highest BCUT2D eigenvalue weighted by atomic mass is 32.2. The molecule has 0 radical (unpaired) electrons. The van der Waals surface area contributed by atoms with E-state index in [4.69, 9.17) is 0 Å². The molecule has 1 aliphatic rings. The van der Waals surface area contributed by atoms with Crippen LogP contribution < -0.4 is 11.0 Å². The van der Waals surface area contributed by atoms with Crippen LogP contribution in [0, 0.1) is 0 Å². The molecule has 2 heterocycles. The Labute approximate surface area is 73.8 Å². The molecule has 1 aromatic heterocycles. The van der Waals surface area contributed by atoms with E-state index in [0.717, 1.165) is 28.6 Å². The van der Waals surface area contributed by atoms with Crippen LogP contribution in [-0.2, 0) is 11.5 Å². The molecular formula is C7H9N3OS. The number of anilines is 1. The molecule has 0 spiro atoms. The summed E-state index contributed by atoms with van der Waals surface area (Å²) in [4.78, 5) is 17.6. The topological polar surface area (TPSA) is 57.8 Å². The Kier molecular flexibility index (Phi) is 1.80. The molecule has 12 heavy (non-hydrogen) atoms. The predicted molar refractivity (Wildman–Crippen MR) is 49.4 cm³/mol. The van der Waals surface area contributed by atoms with Crippen molar-refractivity contribution in [1.82, 2.24) is 9.97 Å². The Balaban J connectivity index is 2.62. The van der Waals surface area contributed by atoms with Crippen molar-refractivity contribution in [1.29, 1.82) is 0 Å². The van der Waals surface area contributed by atoms with Gasteiger partial charge in [-0.25, -0.2) is 4.79 Å². The number of aromatic amines is 1. The highest BCUT2D eigenvalue weighted by Gasteiger charge is 2.16. The van der Waals surface area contributed by atoms with Gasteiger partial charge in [-0.3, -0.25) is 0 Å².